The first-order valence-corrected chi connectivity index (χ1v) is 4.37. The van der Waals surface area contributed by atoms with Gasteiger partial charge in [0.1, 0.15) is 0 Å². The maximum Gasteiger partial charge on any atom is 0.156 e. The lowest BCUT2D eigenvalue weighted by molar-refractivity contribution is -0.124. The minimum atomic E-state index is -1.18. The second kappa shape index (κ2) is 4.73. The van der Waals surface area contributed by atoms with Crippen molar-refractivity contribution >= 4 is 0 Å². The van der Waals surface area contributed by atoms with E-state index in [1.807, 2.05) is 13.8 Å². The summed E-state index contributed by atoms with van der Waals surface area (Å²) in [5, 5.41) is 17.9. The SMILES string of the molecule is CCCCCC(C)(C)C(O)O. The highest BCUT2D eigenvalue weighted by atomic mass is 16.5. The quantitative estimate of drug-likeness (QED) is 0.476. The first-order chi connectivity index (χ1) is 5.00. The van der Waals surface area contributed by atoms with Crippen LogP contribution in [-0.2, 0) is 0 Å². The topological polar surface area (TPSA) is 40.5 Å². The first kappa shape index (κ1) is 10.9. The Morgan fingerprint density at radius 1 is 1.18 bits per heavy atom. The van der Waals surface area contributed by atoms with Gasteiger partial charge in [-0.1, -0.05) is 40.0 Å². The monoisotopic (exact) mass is 160 g/mol. The Bertz CT molecular complexity index is 97.7. The summed E-state index contributed by atoms with van der Waals surface area (Å²) in [6, 6.07) is 0. The number of hydrogen-bond donors (Lipinski definition) is 2. The van der Waals surface area contributed by atoms with Gasteiger partial charge in [0.05, 0.1) is 0 Å². The fraction of sp³-hybridized carbons (Fsp3) is 1.00. The molecule has 2 heteroatoms. The van der Waals surface area contributed by atoms with E-state index in [0.717, 1.165) is 12.8 Å². The molecule has 0 amide bonds. The fourth-order valence-corrected chi connectivity index (χ4v) is 0.960. The van der Waals surface area contributed by atoms with E-state index < -0.39 is 6.29 Å². The summed E-state index contributed by atoms with van der Waals surface area (Å²) >= 11 is 0. The molecular weight excluding hydrogens is 140 g/mol. The summed E-state index contributed by atoms with van der Waals surface area (Å²) < 4.78 is 0. The molecule has 0 rings (SSSR count). The Morgan fingerprint density at radius 3 is 2.09 bits per heavy atom. The van der Waals surface area contributed by atoms with Crippen LogP contribution in [0, 0.1) is 5.41 Å². The predicted molar refractivity (Wildman–Crippen MR) is 46.1 cm³/mol. The number of aliphatic hydroxyl groups excluding tert-OH is 1. The Hall–Kier alpha value is -0.0800. The van der Waals surface area contributed by atoms with Crippen molar-refractivity contribution in [2.45, 2.75) is 52.7 Å². The van der Waals surface area contributed by atoms with Crippen LogP contribution in [0.15, 0.2) is 0 Å². The molecule has 0 atom stereocenters. The molecule has 2 nitrogen and oxygen atoms in total. The van der Waals surface area contributed by atoms with E-state index in [9.17, 15) is 0 Å². The molecule has 2 N–H and O–H groups in total. The van der Waals surface area contributed by atoms with Crippen LogP contribution in [0.1, 0.15) is 46.5 Å². The zero-order valence-corrected chi connectivity index (χ0v) is 7.80. The van der Waals surface area contributed by atoms with Crippen molar-refractivity contribution in [3.8, 4) is 0 Å². The lowest BCUT2D eigenvalue weighted by atomic mass is 9.86. The first-order valence-electron chi connectivity index (χ1n) is 4.37. The molecule has 0 aliphatic heterocycles. The Morgan fingerprint density at radius 2 is 1.73 bits per heavy atom. The van der Waals surface area contributed by atoms with Crippen molar-refractivity contribution in [3.63, 3.8) is 0 Å². The van der Waals surface area contributed by atoms with E-state index in [0.29, 0.717) is 0 Å². The van der Waals surface area contributed by atoms with Crippen molar-refractivity contribution in [2.24, 2.45) is 5.41 Å². The zero-order chi connectivity index (χ0) is 8.91. The lowest BCUT2D eigenvalue weighted by Gasteiger charge is -2.26. The van der Waals surface area contributed by atoms with Crippen LogP contribution < -0.4 is 0 Å². The average molecular weight is 160 g/mol. The number of rotatable bonds is 5. The Kier molecular flexibility index (Phi) is 4.69. The van der Waals surface area contributed by atoms with E-state index >= 15 is 0 Å². The third-order valence-corrected chi connectivity index (χ3v) is 2.12. The second-order valence-corrected chi connectivity index (χ2v) is 3.82. The van der Waals surface area contributed by atoms with Crippen LogP contribution in [-0.4, -0.2) is 16.5 Å². The molecule has 0 fully saturated rings. The molecule has 0 saturated heterocycles. The van der Waals surface area contributed by atoms with Crippen LogP contribution in [0.2, 0.25) is 0 Å². The van der Waals surface area contributed by atoms with Gasteiger partial charge in [-0.05, 0) is 6.42 Å². The molecule has 0 aromatic carbocycles. The minimum Gasteiger partial charge on any atom is -0.368 e. The van der Waals surface area contributed by atoms with Crippen molar-refractivity contribution < 1.29 is 10.2 Å². The van der Waals surface area contributed by atoms with Gasteiger partial charge in [-0.3, -0.25) is 0 Å². The summed E-state index contributed by atoms with van der Waals surface area (Å²) in [7, 11) is 0. The fourth-order valence-electron chi connectivity index (χ4n) is 0.960. The van der Waals surface area contributed by atoms with Crippen LogP contribution >= 0.6 is 0 Å². The molecule has 0 saturated carbocycles. The third kappa shape index (κ3) is 4.38. The van der Waals surface area contributed by atoms with E-state index in [2.05, 4.69) is 6.92 Å². The van der Waals surface area contributed by atoms with Gasteiger partial charge in [-0.2, -0.15) is 0 Å². The number of hydrogen-bond acceptors (Lipinski definition) is 2. The molecule has 0 heterocycles. The maximum atomic E-state index is 8.94. The van der Waals surface area contributed by atoms with E-state index in [-0.39, 0.29) is 5.41 Å². The van der Waals surface area contributed by atoms with Crippen molar-refractivity contribution in [3.05, 3.63) is 0 Å². The van der Waals surface area contributed by atoms with Crippen LogP contribution in [0.4, 0.5) is 0 Å². The van der Waals surface area contributed by atoms with E-state index in [4.69, 9.17) is 10.2 Å². The molecule has 0 aliphatic carbocycles. The normalized spacial score (nSPS) is 12.5. The average Bonchev–Trinajstić information content (AvgIpc) is 1.88. The van der Waals surface area contributed by atoms with E-state index in [1.54, 1.807) is 0 Å². The minimum absolute atomic E-state index is 0.338. The van der Waals surface area contributed by atoms with Crippen LogP contribution in [0.3, 0.4) is 0 Å². The Labute approximate surface area is 69.2 Å². The maximum absolute atomic E-state index is 8.94. The summed E-state index contributed by atoms with van der Waals surface area (Å²) in [5.74, 6) is 0. The van der Waals surface area contributed by atoms with Crippen molar-refractivity contribution in [1.82, 2.24) is 0 Å². The molecule has 0 spiro atoms. The molecule has 0 aromatic rings. The van der Waals surface area contributed by atoms with Crippen molar-refractivity contribution in [1.29, 1.82) is 0 Å². The second-order valence-electron chi connectivity index (χ2n) is 3.82. The third-order valence-electron chi connectivity index (χ3n) is 2.12. The molecule has 0 radical (unpaired) electrons. The highest BCUT2D eigenvalue weighted by molar-refractivity contribution is 4.69. The summed E-state index contributed by atoms with van der Waals surface area (Å²) in [6.07, 6.45) is 3.15. The molecule has 0 aliphatic rings. The highest BCUT2D eigenvalue weighted by Gasteiger charge is 2.24. The van der Waals surface area contributed by atoms with Gasteiger partial charge in [0.2, 0.25) is 0 Å². The molecule has 0 aromatic heterocycles. The predicted octanol–water partition coefficient (Wildman–Crippen LogP) is 1.90. The molecule has 0 bridgehead atoms. The van der Waals surface area contributed by atoms with Crippen LogP contribution in [0.25, 0.3) is 0 Å². The van der Waals surface area contributed by atoms with Gasteiger partial charge in [0.25, 0.3) is 0 Å². The number of unbranched alkanes of at least 4 members (excludes halogenated alkanes) is 2. The van der Waals surface area contributed by atoms with Gasteiger partial charge in [-0.15, -0.1) is 0 Å². The standard InChI is InChI=1S/C9H20O2/c1-4-5-6-7-9(2,3)8(10)11/h8,10-11H,4-7H2,1-3H3. The van der Waals surface area contributed by atoms with Gasteiger partial charge in [-0.25, -0.2) is 0 Å². The molecule has 68 valence electrons. The summed E-state index contributed by atoms with van der Waals surface area (Å²) in [5.41, 5.74) is -0.338. The molecule has 0 unspecified atom stereocenters. The summed E-state index contributed by atoms with van der Waals surface area (Å²) in [4.78, 5) is 0. The van der Waals surface area contributed by atoms with Gasteiger partial charge in [0.15, 0.2) is 6.29 Å². The van der Waals surface area contributed by atoms with Gasteiger partial charge < -0.3 is 10.2 Å². The van der Waals surface area contributed by atoms with Gasteiger partial charge >= 0.3 is 0 Å². The largest absolute Gasteiger partial charge is 0.368 e. The van der Waals surface area contributed by atoms with Crippen LogP contribution in [0.5, 0.6) is 0 Å². The van der Waals surface area contributed by atoms with Gasteiger partial charge in [0, 0.05) is 5.41 Å². The smallest absolute Gasteiger partial charge is 0.156 e. The molecular formula is C9H20O2. The highest BCUT2D eigenvalue weighted by Crippen LogP contribution is 2.26. The lowest BCUT2D eigenvalue weighted by Crippen LogP contribution is -2.28. The van der Waals surface area contributed by atoms with Crippen molar-refractivity contribution in [2.75, 3.05) is 0 Å². The summed E-state index contributed by atoms with van der Waals surface area (Å²) in [6.45, 7) is 5.91. The van der Waals surface area contributed by atoms with E-state index in [1.165, 1.54) is 12.8 Å². The zero-order valence-electron chi connectivity index (χ0n) is 7.80. The Balaban J connectivity index is 3.55. The molecule has 11 heavy (non-hydrogen) atoms. The number of aliphatic hydroxyl groups is 2.